The molecule has 2 aromatic rings. The molecule has 3 rings (SSSR count). The van der Waals surface area contributed by atoms with Gasteiger partial charge in [-0.2, -0.15) is 0 Å². The van der Waals surface area contributed by atoms with Crippen molar-refractivity contribution in [2.75, 3.05) is 31.6 Å². The number of hydrogen-bond donors (Lipinski definition) is 2. The number of halogens is 1. The summed E-state index contributed by atoms with van der Waals surface area (Å²) < 4.78 is 0. The average molecular weight is 468 g/mol. The summed E-state index contributed by atoms with van der Waals surface area (Å²) in [5.41, 5.74) is 10.4. The lowest BCUT2D eigenvalue weighted by Gasteiger charge is -2.40. The van der Waals surface area contributed by atoms with Crippen LogP contribution in [0, 0.1) is 5.41 Å². The van der Waals surface area contributed by atoms with Crippen molar-refractivity contribution in [2.24, 2.45) is 16.1 Å². The summed E-state index contributed by atoms with van der Waals surface area (Å²) in [6, 6.07) is 8.41. The molecule has 7 heteroatoms. The number of aromatic nitrogens is 1. The van der Waals surface area contributed by atoms with Gasteiger partial charge in [0.05, 0.1) is 10.7 Å². The molecule has 1 aliphatic rings. The van der Waals surface area contributed by atoms with E-state index in [1.807, 2.05) is 45.4 Å². The standard InChI is InChI=1S/C26H34ClN5O/c1-19(2)31-15-22(14-28)20-4-6-21(7-5-20)23-16-30-17-24(27)25(23)32-12-9-26(18-33,10-13-32)8-11-29-3/h4-7,14-19,29H,8-13,28H2,1-3H3. The molecule has 0 spiro atoms. The second-order valence-electron chi connectivity index (χ2n) is 8.91. The van der Waals surface area contributed by atoms with Gasteiger partial charge in [-0.05, 0) is 57.8 Å². The van der Waals surface area contributed by atoms with Crippen LogP contribution in [0.4, 0.5) is 5.69 Å². The maximum Gasteiger partial charge on any atom is 0.126 e. The van der Waals surface area contributed by atoms with Crippen molar-refractivity contribution in [2.45, 2.75) is 39.2 Å². The van der Waals surface area contributed by atoms with Gasteiger partial charge >= 0.3 is 0 Å². The topological polar surface area (TPSA) is 83.6 Å². The molecule has 1 aliphatic heterocycles. The number of benzene rings is 1. The molecule has 33 heavy (non-hydrogen) atoms. The van der Waals surface area contributed by atoms with Crippen molar-refractivity contribution < 1.29 is 4.79 Å². The molecule has 1 aromatic heterocycles. The number of aliphatic imine (C=N–C) groups is 1. The second kappa shape index (κ2) is 11.4. The second-order valence-corrected chi connectivity index (χ2v) is 9.32. The Bertz CT molecular complexity index is 992. The van der Waals surface area contributed by atoms with Gasteiger partial charge in [0, 0.05) is 60.5 Å². The van der Waals surface area contributed by atoms with Gasteiger partial charge in [-0.3, -0.25) is 9.98 Å². The highest BCUT2D eigenvalue weighted by molar-refractivity contribution is 6.33. The monoisotopic (exact) mass is 467 g/mol. The first-order chi connectivity index (χ1) is 15.9. The van der Waals surface area contributed by atoms with Crippen LogP contribution < -0.4 is 16.0 Å². The number of rotatable bonds is 9. The molecule has 0 unspecified atom stereocenters. The molecule has 0 radical (unpaired) electrons. The van der Waals surface area contributed by atoms with Gasteiger partial charge in [-0.25, -0.2) is 0 Å². The first-order valence-electron chi connectivity index (χ1n) is 11.5. The zero-order valence-corrected chi connectivity index (χ0v) is 20.5. The summed E-state index contributed by atoms with van der Waals surface area (Å²) in [5.74, 6) is 0. The van der Waals surface area contributed by atoms with Crippen LogP contribution in [0.1, 0.15) is 38.7 Å². The van der Waals surface area contributed by atoms with E-state index in [1.54, 1.807) is 12.4 Å². The third-order valence-electron chi connectivity index (χ3n) is 6.29. The summed E-state index contributed by atoms with van der Waals surface area (Å²) >= 11 is 6.65. The summed E-state index contributed by atoms with van der Waals surface area (Å²) in [6.45, 7) is 6.46. The van der Waals surface area contributed by atoms with E-state index in [1.165, 1.54) is 0 Å². The Labute approximate surface area is 201 Å². The Morgan fingerprint density at radius 1 is 1.27 bits per heavy atom. The summed E-state index contributed by atoms with van der Waals surface area (Å²) in [6.07, 6.45) is 10.6. The smallest absolute Gasteiger partial charge is 0.126 e. The van der Waals surface area contributed by atoms with E-state index in [0.717, 1.165) is 73.1 Å². The van der Waals surface area contributed by atoms with Crippen molar-refractivity contribution in [3.05, 3.63) is 53.4 Å². The Hall–Kier alpha value is -2.70. The molecule has 1 fully saturated rings. The molecule has 1 saturated heterocycles. The zero-order valence-electron chi connectivity index (χ0n) is 19.7. The lowest BCUT2D eigenvalue weighted by molar-refractivity contribution is -0.117. The molecule has 0 bridgehead atoms. The van der Waals surface area contributed by atoms with Crippen LogP contribution in [-0.2, 0) is 4.79 Å². The number of carbonyl (C=O) groups excluding carboxylic acids is 1. The van der Waals surface area contributed by atoms with Gasteiger partial charge in [-0.1, -0.05) is 35.9 Å². The largest absolute Gasteiger partial charge is 0.404 e. The average Bonchev–Trinajstić information content (AvgIpc) is 2.84. The Kier molecular flexibility index (Phi) is 8.64. The first kappa shape index (κ1) is 24.9. The number of nitrogens with one attached hydrogen (secondary N) is 1. The molecule has 0 saturated carbocycles. The van der Waals surface area contributed by atoms with Crippen molar-refractivity contribution in [1.29, 1.82) is 0 Å². The molecule has 0 atom stereocenters. The summed E-state index contributed by atoms with van der Waals surface area (Å²) in [5, 5.41) is 3.79. The van der Waals surface area contributed by atoms with Crippen molar-refractivity contribution in [3.8, 4) is 11.1 Å². The van der Waals surface area contributed by atoms with Crippen molar-refractivity contribution >= 4 is 35.4 Å². The van der Waals surface area contributed by atoms with E-state index in [9.17, 15) is 4.79 Å². The number of nitrogens with two attached hydrogens (primary N) is 1. The molecule has 3 N–H and O–H groups in total. The summed E-state index contributed by atoms with van der Waals surface area (Å²) in [7, 11) is 1.92. The van der Waals surface area contributed by atoms with E-state index in [0.29, 0.717) is 5.02 Å². The number of aldehydes is 1. The van der Waals surface area contributed by atoms with Crippen LogP contribution in [0.2, 0.25) is 5.02 Å². The number of anilines is 1. The summed E-state index contributed by atoms with van der Waals surface area (Å²) in [4.78, 5) is 23.0. The zero-order chi connectivity index (χ0) is 23.8. The molecular weight excluding hydrogens is 434 g/mol. The predicted octanol–water partition coefficient (Wildman–Crippen LogP) is 4.58. The fourth-order valence-electron chi connectivity index (χ4n) is 4.22. The quantitative estimate of drug-likeness (QED) is 0.416. The number of piperidine rings is 1. The first-order valence-corrected chi connectivity index (χ1v) is 11.9. The predicted molar refractivity (Wildman–Crippen MR) is 139 cm³/mol. The van der Waals surface area contributed by atoms with Gasteiger partial charge < -0.3 is 20.7 Å². The van der Waals surface area contributed by atoms with E-state index in [4.69, 9.17) is 17.3 Å². The number of carbonyl (C=O) groups is 1. The highest BCUT2D eigenvalue weighted by Crippen LogP contribution is 2.41. The maximum atomic E-state index is 11.9. The van der Waals surface area contributed by atoms with Crippen molar-refractivity contribution in [1.82, 2.24) is 10.3 Å². The Morgan fingerprint density at radius 2 is 1.97 bits per heavy atom. The van der Waals surface area contributed by atoms with Crippen LogP contribution in [0.5, 0.6) is 0 Å². The molecular formula is C26H34ClN5O. The van der Waals surface area contributed by atoms with Gasteiger partial charge in [0.15, 0.2) is 0 Å². The Balaban J connectivity index is 1.85. The molecule has 0 aliphatic carbocycles. The van der Waals surface area contributed by atoms with Gasteiger partial charge in [0.25, 0.3) is 0 Å². The number of nitrogens with zero attached hydrogens (tertiary/aromatic N) is 3. The van der Waals surface area contributed by atoms with E-state index in [-0.39, 0.29) is 11.5 Å². The highest BCUT2D eigenvalue weighted by Gasteiger charge is 2.35. The lowest BCUT2D eigenvalue weighted by Crippen LogP contribution is -2.42. The molecule has 176 valence electrons. The highest BCUT2D eigenvalue weighted by atomic mass is 35.5. The molecule has 2 heterocycles. The van der Waals surface area contributed by atoms with Crippen molar-refractivity contribution in [3.63, 3.8) is 0 Å². The van der Waals surface area contributed by atoms with E-state index >= 15 is 0 Å². The SMILES string of the molecule is CNCCC1(C=O)CCN(c2c(Cl)cncc2-c2ccc(C(C=NC(C)C)=CN)cc2)CC1. The fourth-order valence-corrected chi connectivity index (χ4v) is 4.50. The van der Waals surface area contributed by atoms with Crippen LogP contribution in [0.15, 0.2) is 47.9 Å². The fraction of sp³-hybridized carbons (Fsp3) is 0.423. The third-order valence-corrected chi connectivity index (χ3v) is 6.57. The Morgan fingerprint density at radius 3 is 2.55 bits per heavy atom. The number of pyridine rings is 1. The molecule has 0 amide bonds. The third kappa shape index (κ3) is 6.01. The molecule has 1 aromatic carbocycles. The number of hydrogen-bond acceptors (Lipinski definition) is 6. The number of allylic oxidation sites excluding steroid dienone is 1. The normalized spacial score (nSPS) is 16.5. The van der Waals surface area contributed by atoms with Gasteiger partial charge in [0.1, 0.15) is 6.29 Å². The van der Waals surface area contributed by atoms with E-state index in [2.05, 4.69) is 32.3 Å². The van der Waals surface area contributed by atoms with Crippen LogP contribution in [0.3, 0.4) is 0 Å². The van der Waals surface area contributed by atoms with Crippen LogP contribution in [0.25, 0.3) is 16.7 Å². The van der Waals surface area contributed by atoms with Crippen LogP contribution >= 0.6 is 11.6 Å². The van der Waals surface area contributed by atoms with E-state index < -0.39 is 0 Å². The maximum absolute atomic E-state index is 11.9. The minimum atomic E-state index is -0.261. The lowest BCUT2D eigenvalue weighted by atomic mass is 9.77. The molecule has 6 nitrogen and oxygen atoms in total. The van der Waals surface area contributed by atoms with Gasteiger partial charge in [-0.15, -0.1) is 0 Å². The van der Waals surface area contributed by atoms with Gasteiger partial charge in [0.2, 0.25) is 0 Å². The van der Waals surface area contributed by atoms with Crippen LogP contribution in [-0.4, -0.2) is 50.2 Å². The minimum absolute atomic E-state index is 0.208. The minimum Gasteiger partial charge on any atom is -0.404 e.